The fraction of sp³-hybridized carbons (Fsp3) is 0.500. The van der Waals surface area contributed by atoms with E-state index >= 15 is 0 Å². The van der Waals surface area contributed by atoms with Gasteiger partial charge in [0.1, 0.15) is 11.9 Å². The molecule has 128 valence electrons. The van der Waals surface area contributed by atoms with Crippen LogP contribution in [0.5, 0.6) is 0 Å². The number of halogens is 1. The summed E-state index contributed by atoms with van der Waals surface area (Å²) in [6.07, 6.45) is 0.575. The Kier molecular flexibility index (Phi) is 8.21. The van der Waals surface area contributed by atoms with Crippen molar-refractivity contribution < 1.29 is 23.8 Å². The van der Waals surface area contributed by atoms with Crippen LogP contribution in [0.25, 0.3) is 0 Å². The minimum atomic E-state index is -1.09. The lowest BCUT2D eigenvalue weighted by Gasteiger charge is -2.15. The van der Waals surface area contributed by atoms with Gasteiger partial charge < -0.3 is 20.5 Å². The van der Waals surface area contributed by atoms with Gasteiger partial charge in [-0.1, -0.05) is 0 Å². The number of rotatable bonds is 10. The Labute approximate surface area is 135 Å². The Morgan fingerprint density at radius 3 is 2.48 bits per heavy atom. The highest BCUT2D eigenvalue weighted by molar-refractivity contribution is 5.93. The molecule has 7 heteroatoms. The fourth-order valence-electron chi connectivity index (χ4n) is 1.84. The van der Waals surface area contributed by atoms with Crippen molar-refractivity contribution in [3.63, 3.8) is 0 Å². The van der Waals surface area contributed by atoms with Crippen LogP contribution in [0.4, 0.5) is 10.1 Å². The molecule has 0 aliphatic heterocycles. The number of carboxylic acids is 1. The Morgan fingerprint density at radius 2 is 1.91 bits per heavy atom. The number of carboxylic acid groups (broad SMARTS) is 1. The highest BCUT2D eigenvalue weighted by atomic mass is 19.1. The molecule has 6 nitrogen and oxygen atoms in total. The van der Waals surface area contributed by atoms with Crippen LogP contribution in [-0.2, 0) is 14.3 Å². The largest absolute Gasteiger partial charge is 0.480 e. The van der Waals surface area contributed by atoms with Crippen molar-refractivity contribution in [3.8, 4) is 0 Å². The number of nitrogens with one attached hydrogen (secondary N) is 2. The maximum Gasteiger partial charge on any atom is 0.321 e. The van der Waals surface area contributed by atoms with Gasteiger partial charge in [0.05, 0.1) is 12.5 Å². The smallest absolute Gasteiger partial charge is 0.321 e. The highest BCUT2D eigenvalue weighted by Gasteiger charge is 2.20. The van der Waals surface area contributed by atoms with E-state index in [-0.39, 0.29) is 12.5 Å². The first-order valence-corrected chi connectivity index (χ1v) is 7.51. The van der Waals surface area contributed by atoms with Gasteiger partial charge in [-0.15, -0.1) is 0 Å². The predicted molar refractivity (Wildman–Crippen MR) is 84.8 cm³/mol. The second-order valence-electron chi connectivity index (χ2n) is 5.38. The topological polar surface area (TPSA) is 87.7 Å². The summed E-state index contributed by atoms with van der Waals surface area (Å²) in [5, 5.41) is 14.5. The van der Waals surface area contributed by atoms with E-state index in [1.54, 1.807) is 0 Å². The molecule has 0 spiro atoms. The number of aliphatic carboxylic acids is 1. The molecule has 1 aromatic carbocycles. The van der Waals surface area contributed by atoms with Gasteiger partial charge in [-0.25, -0.2) is 4.39 Å². The molecule has 0 aromatic heterocycles. The number of carbonyl (C=O) groups is 2. The second-order valence-corrected chi connectivity index (χ2v) is 5.38. The zero-order chi connectivity index (χ0) is 17.2. The molecule has 3 N–H and O–H groups in total. The first-order chi connectivity index (χ1) is 10.9. The van der Waals surface area contributed by atoms with E-state index in [2.05, 4.69) is 10.6 Å². The summed E-state index contributed by atoms with van der Waals surface area (Å²) >= 11 is 0. The summed E-state index contributed by atoms with van der Waals surface area (Å²) in [6.45, 7) is 4.81. The van der Waals surface area contributed by atoms with Gasteiger partial charge in [0.25, 0.3) is 0 Å². The maximum atomic E-state index is 12.8. The first-order valence-electron chi connectivity index (χ1n) is 7.51. The lowest BCUT2D eigenvalue weighted by atomic mass is 10.2. The maximum absolute atomic E-state index is 12.8. The molecule has 0 bridgehead atoms. The standard InChI is InChI=1S/C16H23FN2O4/c1-11(2)23-9-3-8-18-14(16(21)22)10-15(20)19-13-6-4-12(17)5-7-13/h4-7,11,14,18H,3,8-10H2,1-2H3,(H,19,20)(H,21,22). The second kappa shape index (κ2) is 9.91. The molecule has 0 heterocycles. The SMILES string of the molecule is CC(C)OCCCNC(CC(=O)Nc1ccc(F)cc1)C(=O)O. The number of ether oxygens (including phenoxy) is 1. The van der Waals surface area contributed by atoms with Crippen LogP contribution in [0, 0.1) is 5.82 Å². The average molecular weight is 326 g/mol. The molecule has 1 rings (SSSR count). The molecule has 1 unspecified atom stereocenters. The Balaban J connectivity index is 2.37. The van der Waals surface area contributed by atoms with Crippen LogP contribution in [0.1, 0.15) is 26.7 Å². The molecule has 1 atom stereocenters. The third kappa shape index (κ3) is 8.27. The highest BCUT2D eigenvalue weighted by Crippen LogP contribution is 2.09. The zero-order valence-corrected chi connectivity index (χ0v) is 13.3. The van der Waals surface area contributed by atoms with Crippen molar-refractivity contribution in [2.45, 2.75) is 38.8 Å². The quantitative estimate of drug-likeness (QED) is 0.573. The first kappa shape index (κ1) is 19.1. The Hall–Kier alpha value is -1.99. The minimum Gasteiger partial charge on any atom is -0.480 e. The molecule has 0 radical (unpaired) electrons. The van der Waals surface area contributed by atoms with E-state index in [1.165, 1.54) is 24.3 Å². The van der Waals surface area contributed by atoms with Crippen molar-refractivity contribution in [1.29, 1.82) is 0 Å². The third-order valence-corrected chi connectivity index (χ3v) is 2.98. The lowest BCUT2D eigenvalue weighted by Crippen LogP contribution is -2.40. The summed E-state index contributed by atoms with van der Waals surface area (Å²) in [4.78, 5) is 23.0. The van der Waals surface area contributed by atoms with Crippen LogP contribution in [0.3, 0.4) is 0 Å². The molecule has 23 heavy (non-hydrogen) atoms. The van der Waals surface area contributed by atoms with E-state index in [1.807, 2.05) is 13.8 Å². The molecule has 0 saturated carbocycles. The molecule has 0 aliphatic carbocycles. The summed E-state index contributed by atoms with van der Waals surface area (Å²) in [7, 11) is 0. The van der Waals surface area contributed by atoms with Gasteiger partial charge in [-0.05, 0) is 51.1 Å². The summed E-state index contributed by atoms with van der Waals surface area (Å²) in [5.41, 5.74) is 0.422. The Bertz CT molecular complexity index is 505. The van der Waals surface area contributed by atoms with E-state index in [4.69, 9.17) is 9.84 Å². The fourth-order valence-corrected chi connectivity index (χ4v) is 1.84. The number of hydrogen-bond donors (Lipinski definition) is 3. The number of hydrogen-bond acceptors (Lipinski definition) is 4. The van der Waals surface area contributed by atoms with Crippen LogP contribution >= 0.6 is 0 Å². The number of anilines is 1. The number of carbonyl (C=O) groups excluding carboxylic acids is 1. The zero-order valence-electron chi connectivity index (χ0n) is 13.3. The Morgan fingerprint density at radius 1 is 1.26 bits per heavy atom. The van der Waals surface area contributed by atoms with E-state index in [0.717, 1.165) is 0 Å². The van der Waals surface area contributed by atoms with E-state index in [9.17, 15) is 14.0 Å². The van der Waals surface area contributed by atoms with Gasteiger partial charge in [0, 0.05) is 12.3 Å². The van der Waals surface area contributed by atoms with Crippen LogP contribution in [0.2, 0.25) is 0 Å². The predicted octanol–water partition coefficient (Wildman–Crippen LogP) is 2.01. The third-order valence-electron chi connectivity index (χ3n) is 2.98. The average Bonchev–Trinajstić information content (AvgIpc) is 2.47. The van der Waals surface area contributed by atoms with Crippen molar-refractivity contribution in [2.24, 2.45) is 0 Å². The monoisotopic (exact) mass is 326 g/mol. The van der Waals surface area contributed by atoms with Gasteiger partial charge in [0.2, 0.25) is 5.91 Å². The molecular weight excluding hydrogens is 303 g/mol. The number of amides is 1. The van der Waals surface area contributed by atoms with Crippen molar-refractivity contribution in [2.75, 3.05) is 18.5 Å². The van der Waals surface area contributed by atoms with Crippen LogP contribution in [0.15, 0.2) is 24.3 Å². The normalized spacial score (nSPS) is 12.2. The van der Waals surface area contributed by atoms with Gasteiger partial charge in [0.15, 0.2) is 0 Å². The van der Waals surface area contributed by atoms with Crippen LogP contribution in [-0.4, -0.2) is 42.3 Å². The van der Waals surface area contributed by atoms with Crippen molar-refractivity contribution >= 4 is 17.6 Å². The van der Waals surface area contributed by atoms with Gasteiger partial charge in [-0.2, -0.15) is 0 Å². The van der Waals surface area contributed by atoms with E-state index in [0.29, 0.717) is 25.3 Å². The summed E-state index contributed by atoms with van der Waals surface area (Å²) in [5.74, 6) is -1.95. The number of benzene rings is 1. The van der Waals surface area contributed by atoms with Crippen molar-refractivity contribution in [1.82, 2.24) is 5.32 Å². The summed E-state index contributed by atoms with van der Waals surface area (Å²) in [6, 6.07) is 4.29. The molecule has 1 amide bonds. The van der Waals surface area contributed by atoms with Crippen molar-refractivity contribution in [3.05, 3.63) is 30.1 Å². The molecule has 0 fully saturated rings. The lowest BCUT2D eigenvalue weighted by molar-refractivity contribution is -0.141. The molecular formula is C16H23FN2O4. The summed E-state index contributed by atoms with van der Waals surface area (Å²) < 4.78 is 18.1. The van der Waals surface area contributed by atoms with Gasteiger partial charge in [-0.3, -0.25) is 9.59 Å². The van der Waals surface area contributed by atoms with Crippen LogP contribution < -0.4 is 10.6 Å². The molecule has 0 saturated heterocycles. The minimum absolute atomic E-state index is 0.131. The molecule has 1 aromatic rings. The van der Waals surface area contributed by atoms with Gasteiger partial charge >= 0.3 is 5.97 Å². The van der Waals surface area contributed by atoms with E-state index < -0.39 is 23.7 Å². The molecule has 0 aliphatic rings.